The number of fused-ring (bicyclic) bond motifs is 1. The predicted octanol–water partition coefficient (Wildman–Crippen LogP) is 2.61. The lowest BCUT2D eigenvalue weighted by molar-refractivity contribution is 0.331. The summed E-state index contributed by atoms with van der Waals surface area (Å²) in [5.41, 5.74) is 2.29. The third-order valence-corrected chi connectivity index (χ3v) is 3.58. The SMILES string of the molecule is CC(C)n1ncc2cc(CN3CCCC3)cnc21. The van der Waals surface area contributed by atoms with Crippen molar-refractivity contribution in [1.82, 2.24) is 19.7 Å². The summed E-state index contributed by atoms with van der Waals surface area (Å²) in [6.07, 6.45) is 6.60. The van der Waals surface area contributed by atoms with Crippen molar-refractivity contribution in [3.8, 4) is 0 Å². The highest BCUT2D eigenvalue weighted by Gasteiger charge is 2.13. The molecule has 1 saturated heterocycles. The van der Waals surface area contributed by atoms with Crippen molar-refractivity contribution in [3.05, 3.63) is 24.0 Å². The van der Waals surface area contributed by atoms with E-state index in [-0.39, 0.29) is 0 Å². The maximum absolute atomic E-state index is 4.58. The topological polar surface area (TPSA) is 34.0 Å². The van der Waals surface area contributed by atoms with Crippen LogP contribution >= 0.6 is 0 Å². The van der Waals surface area contributed by atoms with E-state index in [4.69, 9.17) is 0 Å². The van der Waals surface area contributed by atoms with Gasteiger partial charge in [-0.15, -0.1) is 0 Å². The molecule has 3 rings (SSSR count). The highest BCUT2D eigenvalue weighted by Crippen LogP contribution is 2.18. The Balaban J connectivity index is 1.87. The molecular formula is C14H20N4. The van der Waals surface area contributed by atoms with Crippen LogP contribution in [0.2, 0.25) is 0 Å². The van der Waals surface area contributed by atoms with Gasteiger partial charge in [-0.05, 0) is 51.4 Å². The number of rotatable bonds is 3. The molecule has 2 aromatic rings. The molecule has 3 heterocycles. The molecule has 0 spiro atoms. The van der Waals surface area contributed by atoms with Crippen molar-refractivity contribution in [1.29, 1.82) is 0 Å². The second-order valence-electron chi connectivity index (χ2n) is 5.42. The first kappa shape index (κ1) is 11.7. The Hall–Kier alpha value is -1.42. The molecule has 0 N–H and O–H groups in total. The monoisotopic (exact) mass is 244 g/mol. The molecule has 0 aromatic carbocycles. The quantitative estimate of drug-likeness (QED) is 0.832. The standard InChI is InChI=1S/C14H20N4/c1-11(2)18-14-13(9-16-18)7-12(8-15-14)10-17-5-3-4-6-17/h7-9,11H,3-6,10H2,1-2H3. The van der Waals surface area contributed by atoms with E-state index < -0.39 is 0 Å². The smallest absolute Gasteiger partial charge is 0.157 e. The summed E-state index contributed by atoms with van der Waals surface area (Å²) in [6, 6.07) is 2.59. The third-order valence-electron chi connectivity index (χ3n) is 3.58. The molecule has 0 saturated carbocycles. The van der Waals surface area contributed by atoms with Gasteiger partial charge in [0.1, 0.15) is 0 Å². The number of nitrogens with zero attached hydrogens (tertiary/aromatic N) is 4. The molecule has 18 heavy (non-hydrogen) atoms. The van der Waals surface area contributed by atoms with Crippen LogP contribution in [0.3, 0.4) is 0 Å². The summed E-state index contributed by atoms with van der Waals surface area (Å²) >= 11 is 0. The molecular weight excluding hydrogens is 224 g/mol. The first-order valence-corrected chi connectivity index (χ1v) is 6.78. The molecule has 0 unspecified atom stereocenters. The third kappa shape index (κ3) is 2.12. The average molecular weight is 244 g/mol. The van der Waals surface area contributed by atoms with Crippen LogP contribution in [0.15, 0.2) is 18.5 Å². The summed E-state index contributed by atoms with van der Waals surface area (Å²) in [6.45, 7) is 7.74. The fourth-order valence-corrected chi connectivity index (χ4v) is 2.65. The fourth-order valence-electron chi connectivity index (χ4n) is 2.65. The molecule has 4 heteroatoms. The Morgan fingerprint density at radius 2 is 2.00 bits per heavy atom. The Kier molecular flexibility index (Phi) is 3.04. The van der Waals surface area contributed by atoms with E-state index in [1.54, 1.807) is 0 Å². The molecule has 2 aromatic heterocycles. The minimum atomic E-state index is 0.361. The van der Waals surface area contributed by atoms with E-state index >= 15 is 0 Å². The van der Waals surface area contributed by atoms with Crippen molar-refractivity contribution in [2.75, 3.05) is 13.1 Å². The van der Waals surface area contributed by atoms with Gasteiger partial charge in [0, 0.05) is 24.2 Å². The molecule has 0 bridgehead atoms. The van der Waals surface area contributed by atoms with E-state index in [1.807, 2.05) is 17.1 Å². The summed E-state index contributed by atoms with van der Waals surface area (Å²) in [4.78, 5) is 7.07. The molecule has 4 nitrogen and oxygen atoms in total. The fraction of sp³-hybridized carbons (Fsp3) is 0.571. The largest absolute Gasteiger partial charge is 0.299 e. The zero-order valence-electron chi connectivity index (χ0n) is 11.1. The maximum Gasteiger partial charge on any atom is 0.157 e. The van der Waals surface area contributed by atoms with Crippen LogP contribution in [0.4, 0.5) is 0 Å². The lowest BCUT2D eigenvalue weighted by Crippen LogP contribution is -2.18. The number of likely N-dealkylation sites (tertiary alicyclic amines) is 1. The minimum Gasteiger partial charge on any atom is -0.299 e. The molecule has 1 aliphatic heterocycles. The van der Waals surface area contributed by atoms with Crippen LogP contribution < -0.4 is 0 Å². The average Bonchev–Trinajstić information content (AvgIpc) is 2.97. The van der Waals surface area contributed by atoms with Crippen LogP contribution in [0, 0.1) is 0 Å². The van der Waals surface area contributed by atoms with Gasteiger partial charge in [0.15, 0.2) is 5.65 Å². The zero-order chi connectivity index (χ0) is 12.5. The highest BCUT2D eigenvalue weighted by molar-refractivity contribution is 5.75. The van der Waals surface area contributed by atoms with Crippen molar-refractivity contribution in [3.63, 3.8) is 0 Å². The van der Waals surface area contributed by atoms with Gasteiger partial charge >= 0.3 is 0 Å². The maximum atomic E-state index is 4.58. The molecule has 0 radical (unpaired) electrons. The van der Waals surface area contributed by atoms with Crippen molar-refractivity contribution in [2.45, 2.75) is 39.3 Å². The Morgan fingerprint density at radius 3 is 2.72 bits per heavy atom. The van der Waals surface area contributed by atoms with Crippen LogP contribution in [0.1, 0.15) is 38.3 Å². The Morgan fingerprint density at radius 1 is 1.22 bits per heavy atom. The first-order chi connectivity index (χ1) is 8.74. The van der Waals surface area contributed by atoms with E-state index in [1.165, 1.54) is 31.5 Å². The number of hydrogen-bond acceptors (Lipinski definition) is 3. The van der Waals surface area contributed by atoms with E-state index in [2.05, 4.69) is 34.9 Å². The van der Waals surface area contributed by atoms with Crippen LogP contribution in [-0.4, -0.2) is 32.8 Å². The van der Waals surface area contributed by atoms with Crippen molar-refractivity contribution in [2.24, 2.45) is 0 Å². The van der Waals surface area contributed by atoms with E-state index in [0.717, 1.165) is 17.6 Å². The number of pyridine rings is 1. The van der Waals surface area contributed by atoms with Gasteiger partial charge in [0.2, 0.25) is 0 Å². The summed E-state index contributed by atoms with van der Waals surface area (Å²) in [5, 5.41) is 5.56. The summed E-state index contributed by atoms with van der Waals surface area (Å²) in [5.74, 6) is 0. The Bertz CT molecular complexity index is 538. The van der Waals surface area contributed by atoms with Gasteiger partial charge < -0.3 is 0 Å². The first-order valence-electron chi connectivity index (χ1n) is 6.78. The van der Waals surface area contributed by atoms with Crippen LogP contribution in [-0.2, 0) is 6.54 Å². The lowest BCUT2D eigenvalue weighted by atomic mass is 10.2. The molecule has 1 aliphatic rings. The van der Waals surface area contributed by atoms with Gasteiger partial charge in [-0.25, -0.2) is 9.67 Å². The molecule has 0 aliphatic carbocycles. The van der Waals surface area contributed by atoms with E-state index in [9.17, 15) is 0 Å². The van der Waals surface area contributed by atoms with Gasteiger partial charge in [-0.1, -0.05) is 0 Å². The molecule has 1 fully saturated rings. The van der Waals surface area contributed by atoms with Gasteiger partial charge in [0.05, 0.1) is 6.20 Å². The second kappa shape index (κ2) is 4.69. The lowest BCUT2D eigenvalue weighted by Gasteiger charge is -2.14. The molecule has 0 amide bonds. The van der Waals surface area contributed by atoms with E-state index in [0.29, 0.717) is 6.04 Å². The minimum absolute atomic E-state index is 0.361. The van der Waals surface area contributed by atoms with Crippen LogP contribution in [0.5, 0.6) is 0 Å². The normalized spacial score (nSPS) is 17.1. The van der Waals surface area contributed by atoms with Gasteiger partial charge in [-0.2, -0.15) is 5.10 Å². The van der Waals surface area contributed by atoms with Gasteiger partial charge in [0.25, 0.3) is 0 Å². The predicted molar refractivity (Wildman–Crippen MR) is 72.4 cm³/mol. The van der Waals surface area contributed by atoms with Gasteiger partial charge in [-0.3, -0.25) is 4.90 Å². The number of aromatic nitrogens is 3. The van der Waals surface area contributed by atoms with Crippen LogP contribution in [0.25, 0.3) is 11.0 Å². The molecule has 0 atom stereocenters. The summed E-state index contributed by atoms with van der Waals surface area (Å²) in [7, 11) is 0. The molecule has 96 valence electrons. The van der Waals surface area contributed by atoms with Crippen molar-refractivity contribution >= 4 is 11.0 Å². The van der Waals surface area contributed by atoms with Crippen molar-refractivity contribution < 1.29 is 0 Å². The zero-order valence-corrected chi connectivity index (χ0v) is 11.1. The second-order valence-corrected chi connectivity index (χ2v) is 5.42. The Labute approximate surface area is 108 Å². The highest BCUT2D eigenvalue weighted by atomic mass is 15.3. The number of hydrogen-bond donors (Lipinski definition) is 0. The summed E-state index contributed by atoms with van der Waals surface area (Å²) < 4.78 is 1.98.